The maximum absolute atomic E-state index is 6.19. The summed E-state index contributed by atoms with van der Waals surface area (Å²) in [5, 5.41) is 0. The highest BCUT2D eigenvalue weighted by atomic mass is 16.5. The van der Waals surface area contributed by atoms with Gasteiger partial charge in [-0.25, -0.2) is 0 Å². The molecule has 1 aromatic carbocycles. The number of hydrogen-bond acceptors (Lipinski definition) is 5. The molecule has 5 heteroatoms. The molecule has 0 atom stereocenters. The standard InChI is InChI=1S/C22H31N3O2/c1-16(2)27-22-13-17(3)20(14-21(22)23)18-6-7-19(24-15-18)5-4-8-25-9-11-26-12-10-25/h5-6,13-16H,4,7-12,23H2,1-3H3/b19-5-. The Morgan fingerprint density at radius 2 is 2.07 bits per heavy atom. The van der Waals surface area contributed by atoms with Gasteiger partial charge in [0, 0.05) is 38.0 Å². The second kappa shape index (κ2) is 9.20. The van der Waals surface area contributed by atoms with Crippen molar-refractivity contribution in [1.82, 2.24) is 4.90 Å². The van der Waals surface area contributed by atoms with Crippen molar-refractivity contribution < 1.29 is 9.47 Å². The van der Waals surface area contributed by atoms with E-state index >= 15 is 0 Å². The van der Waals surface area contributed by atoms with E-state index in [-0.39, 0.29) is 6.10 Å². The lowest BCUT2D eigenvalue weighted by Crippen LogP contribution is -2.36. The average Bonchev–Trinajstić information content (AvgIpc) is 2.66. The number of benzene rings is 1. The van der Waals surface area contributed by atoms with Crippen LogP contribution in [0.3, 0.4) is 0 Å². The third-order valence-corrected chi connectivity index (χ3v) is 4.86. The zero-order valence-electron chi connectivity index (χ0n) is 16.7. The number of aryl methyl sites for hydroxylation is 1. The molecule has 5 nitrogen and oxygen atoms in total. The van der Waals surface area contributed by atoms with Crippen molar-refractivity contribution in [3.05, 3.63) is 41.1 Å². The van der Waals surface area contributed by atoms with Crippen molar-refractivity contribution in [3.8, 4) is 5.75 Å². The Bertz CT molecular complexity index is 744. The van der Waals surface area contributed by atoms with Crippen molar-refractivity contribution in [2.45, 2.75) is 39.7 Å². The molecule has 3 rings (SSSR count). The molecule has 2 heterocycles. The number of anilines is 1. The van der Waals surface area contributed by atoms with Crippen LogP contribution in [-0.2, 0) is 4.74 Å². The Hall–Kier alpha value is -2.11. The lowest BCUT2D eigenvalue weighted by atomic mass is 9.97. The maximum Gasteiger partial charge on any atom is 0.142 e. The lowest BCUT2D eigenvalue weighted by molar-refractivity contribution is 0.0387. The number of morpholine rings is 1. The van der Waals surface area contributed by atoms with E-state index in [1.54, 1.807) is 0 Å². The molecule has 1 aromatic rings. The van der Waals surface area contributed by atoms with Crippen LogP contribution in [0, 0.1) is 6.92 Å². The fraction of sp³-hybridized carbons (Fsp3) is 0.500. The largest absolute Gasteiger partial charge is 0.489 e. The predicted octanol–water partition coefficient (Wildman–Crippen LogP) is 3.83. The minimum atomic E-state index is 0.109. The van der Waals surface area contributed by atoms with Crippen molar-refractivity contribution in [3.63, 3.8) is 0 Å². The summed E-state index contributed by atoms with van der Waals surface area (Å²) in [6.07, 6.45) is 8.44. The topological polar surface area (TPSA) is 60.1 Å². The zero-order chi connectivity index (χ0) is 19.2. The SMILES string of the molecule is Cc1cc(OC(C)C)c(N)cc1C1=CC/C(=C/CCN2CCOCC2)N=C1. The molecule has 27 heavy (non-hydrogen) atoms. The van der Waals surface area contributed by atoms with E-state index in [2.05, 4.69) is 29.0 Å². The van der Waals surface area contributed by atoms with Gasteiger partial charge in [-0.05, 0) is 56.0 Å². The van der Waals surface area contributed by atoms with Gasteiger partial charge in [-0.1, -0.05) is 12.2 Å². The number of ether oxygens (including phenoxy) is 2. The third-order valence-electron chi connectivity index (χ3n) is 4.86. The van der Waals surface area contributed by atoms with Crippen LogP contribution in [0.1, 0.15) is 37.8 Å². The van der Waals surface area contributed by atoms with Gasteiger partial charge in [-0.15, -0.1) is 0 Å². The Kier molecular flexibility index (Phi) is 6.69. The van der Waals surface area contributed by atoms with Gasteiger partial charge in [-0.3, -0.25) is 9.89 Å². The Balaban J connectivity index is 1.60. The summed E-state index contributed by atoms with van der Waals surface area (Å²) in [5.74, 6) is 0.753. The van der Waals surface area contributed by atoms with E-state index in [0.29, 0.717) is 5.69 Å². The summed E-state index contributed by atoms with van der Waals surface area (Å²) in [7, 11) is 0. The molecule has 2 aliphatic rings. The van der Waals surface area contributed by atoms with E-state index < -0.39 is 0 Å². The molecule has 1 saturated heterocycles. The van der Waals surface area contributed by atoms with Crippen LogP contribution in [-0.4, -0.2) is 50.1 Å². The lowest BCUT2D eigenvalue weighted by Gasteiger charge is -2.26. The number of hydrogen-bond donors (Lipinski definition) is 1. The van der Waals surface area contributed by atoms with Crippen LogP contribution >= 0.6 is 0 Å². The molecule has 1 fully saturated rings. The number of rotatable bonds is 6. The highest BCUT2D eigenvalue weighted by Crippen LogP contribution is 2.31. The first kappa shape index (κ1) is 19.6. The Morgan fingerprint density at radius 1 is 1.30 bits per heavy atom. The first-order chi connectivity index (χ1) is 13.0. The zero-order valence-corrected chi connectivity index (χ0v) is 16.7. The maximum atomic E-state index is 6.19. The van der Waals surface area contributed by atoms with Crippen LogP contribution in [0.15, 0.2) is 35.0 Å². The fourth-order valence-corrected chi connectivity index (χ4v) is 3.39. The molecular formula is C22H31N3O2. The van der Waals surface area contributed by atoms with Crippen LogP contribution in [0.2, 0.25) is 0 Å². The molecule has 0 amide bonds. The normalized spacial score (nSPS) is 19.6. The second-order valence-electron chi connectivity index (χ2n) is 7.43. The Labute approximate surface area is 162 Å². The van der Waals surface area contributed by atoms with Gasteiger partial charge in [-0.2, -0.15) is 0 Å². The smallest absolute Gasteiger partial charge is 0.142 e. The van der Waals surface area contributed by atoms with Gasteiger partial charge >= 0.3 is 0 Å². The minimum absolute atomic E-state index is 0.109. The monoisotopic (exact) mass is 369 g/mol. The third kappa shape index (κ3) is 5.44. The number of aliphatic imine (C=N–C) groups is 1. The van der Waals surface area contributed by atoms with Crippen molar-refractivity contribution >= 4 is 17.5 Å². The molecule has 0 spiro atoms. The average molecular weight is 370 g/mol. The van der Waals surface area contributed by atoms with Crippen LogP contribution in [0.25, 0.3) is 5.57 Å². The second-order valence-corrected chi connectivity index (χ2v) is 7.43. The summed E-state index contributed by atoms with van der Waals surface area (Å²) in [6, 6.07) is 4.02. The van der Waals surface area contributed by atoms with Crippen LogP contribution < -0.4 is 10.5 Å². The van der Waals surface area contributed by atoms with Gasteiger partial charge in [0.05, 0.1) is 25.0 Å². The number of dihydropyridines is 1. The molecule has 0 radical (unpaired) electrons. The summed E-state index contributed by atoms with van der Waals surface area (Å²) in [6.45, 7) is 10.9. The number of nitrogens with zero attached hydrogens (tertiary/aromatic N) is 2. The first-order valence-electron chi connectivity index (χ1n) is 9.83. The van der Waals surface area contributed by atoms with Gasteiger partial charge in [0.15, 0.2) is 0 Å². The molecule has 2 N–H and O–H groups in total. The van der Waals surface area contributed by atoms with Crippen LogP contribution in [0.4, 0.5) is 5.69 Å². The van der Waals surface area contributed by atoms with Gasteiger partial charge in [0.2, 0.25) is 0 Å². The highest BCUT2D eigenvalue weighted by Gasteiger charge is 2.13. The quantitative estimate of drug-likeness (QED) is 0.774. The summed E-state index contributed by atoms with van der Waals surface area (Å²) < 4.78 is 11.2. The summed E-state index contributed by atoms with van der Waals surface area (Å²) >= 11 is 0. The molecule has 0 saturated carbocycles. The molecule has 2 aliphatic heterocycles. The number of nitrogens with two attached hydrogens (primary N) is 1. The van der Waals surface area contributed by atoms with E-state index in [4.69, 9.17) is 15.2 Å². The highest BCUT2D eigenvalue weighted by molar-refractivity contribution is 6.11. The molecule has 146 valence electrons. The van der Waals surface area contributed by atoms with Crippen molar-refractivity contribution in [2.24, 2.45) is 4.99 Å². The van der Waals surface area contributed by atoms with Crippen molar-refractivity contribution in [1.29, 1.82) is 0 Å². The molecule has 0 aliphatic carbocycles. The van der Waals surface area contributed by atoms with E-state index in [9.17, 15) is 0 Å². The predicted molar refractivity (Wildman–Crippen MR) is 112 cm³/mol. The molecule has 0 bridgehead atoms. The summed E-state index contributed by atoms with van der Waals surface area (Å²) in [5.41, 5.74) is 11.4. The van der Waals surface area contributed by atoms with Gasteiger partial charge in [0.25, 0.3) is 0 Å². The molecule has 0 unspecified atom stereocenters. The first-order valence-corrected chi connectivity index (χ1v) is 9.83. The summed E-state index contributed by atoms with van der Waals surface area (Å²) in [4.78, 5) is 7.11. The van der Waals surface area contributed by atoms with Crippen molar-refractivity contribution in [2.75, 3.05) is 38.6 Å². The number of nitrogen functional groups attached to an aromatic ring is 1. The van der Waals surface area contributed by atoms with Gasteiger partial charge in [0.1, 0.15) is 5.75 Å². The molecule has 0 aromatic heterocycles. The van der Waals surface area contributed by atoms with E-state index in [0.717, 1.165) is 73.8 Å². The van der Waals surface area contributed by atoms with E-state index in [1.165, 1.54) is 0 Å². The molecular weight excluding hydrogens is 338 g/mol. The minimum Gasteiger partial charge on any atom is -0.489 e. The Morgan fingerprint density at radius 3 is 2.74 bits per heavy atom. The van der Waals surface area contributed by atoms with Gasteiger partial charge < -0.3 is 15.2 Å². The van der Waals surface area contributed by atoms with Crippen LogP contribution in [0.5, 0.6) is 5.75 Å². The van der Waals surface area contributed by atoms with E-state index in [1.807, 2.05) is 32.2 Å². The number of allylic oxidation sites excluding steroid dienone is 2. The fourth-order valence-electron chi connectivity index (χ4n) is 3.39.